The zero-order valence-electron chi connectivity index (χ0n) is 8.65. The Morgan fingerprint density at radius 1 is 1.27 bits per heavy atom. The van der Waals surface area contributed by atoms with Gasteiger partial charge < -0.3 is 10.2 Å². The average Bonchev–Trinajstić information content (AvgIpc) is 2.72. The van der Waals surface area contributed by atoms with Crippen LogP contribution in [0.2, 0.25) is 0 Å². The number of aryl methyl sites for hydroxylation is 2. The molecule has 0 amide bonds. The van der Waals surface area contributed by atoms with Gasteiger partial charge in [0.2, 0.25) is 0 Å². The number of benzene rings is 1. The summed E-state index contributed by atoms with van der Waals surface area (Å²) in [5, 5.41) is 17.9. The second-order valence-corrected chi connectivity index (χ2v) is 5.02. The third-order valence-electron chi connectivity index (χ3n) is 2.72. The van der Waals surface area contributed by atoms with Crippen LogP contribution in [-0.2, 0) is 12.8 Å². The molecule has 0 aliphatic heterocycles. The third kappa shape index (κ3) is 2.74. The monoisotopic (exact) mass is 224 g/mol. The first-order chi connectivity index (χ1) is 7.29. The second kappa shape index (κ2) is 5.01. The number of thioether (sulfide) groups is 1. The van der Waals surface area contributed by atoms with E-state index in [9.17, 15) is 5.11 Å². The minimum absolute atomic E-state index is 0.155. The number of fused-ring (bicyclic) bond motifs is 1. The molecular formula is C12H16O2S. The van der Waals surface area contributed by atoms with Crippen LogP contribution in [0.15, 0.2) is 23.1 Å². The summed E-state index contributed by atoms with van der Waals surface area (Å²) in [4.78, 5) is 1.20. The van der Waals surface area contributed by atoms with Crippen molar-refractivity contribution in [1.82, 2.24) is 0 Å². The highest BCUT2D eigenvalue weighted by Crippen LogP contribution is 2.27. The molecule has 0 bridgehead atoms. The smallest absolute Gasteiger partial charge is 0.0864 e. The molecule has 0 aromatic heterocycles. The average molecular weight is 224 g/mol. The van der Waals surface area contributed by atoms with Gasteiger partial charge in [0.1, 0.15) is 0 Å². The summed E-state index contributed by atoms with van der Waals surface area (Å²) >= 11 is 1.61. The van der Waals surface area contributed by atoms with Gasteiger partial charge in [-0.2, -0.15) is 0 Å². The fourth-order valence-corrected chi connectivity index (χ4v) is 2.76. The van der Waals surface area contributed by atoms with E-state index in [1.807, 2.05) is 0 Å². The summed E-state index contributed by atoms with van der Waals surface area (Å²) in [5.74, 6) is 0.565. The highest BCUT2D eigenvalue weighted by Gasteiger charge is 2.11. The van der Waals surface area contributed by atoms with Gasteiger partial charge in [-0.05, 0) is 42.5 Å². The molecule has 2 nitrogen and oxygen atoms in total. The SMILES string of the molecule is OCC(O)CSc1ccc2c(c1)CCC2. The first kappa shape index (κ1) is 11.0. The molecule has 82 valence electrons. The van der Waals surface area contributed by atoms with E-state index in [-0.39, 0.29) is 6.61 Å². The van der Waals surface area contributed by atoms with Crippen molar-refractivity contribution in [2.45, 2.75) is 30.3 Å². The van der Waals surface area contributed by atoms with E-state index in [0.717, 1.165) is 0 Å². The largest absolute Gasteiger partial charge is 0.394 e. The fraction of sp³-hybridized carbons (Fsp3) is 0.500. The maximum absolute atomic E-state index is 9.24. The van der Waals surface area contributed by atoms with Crippen molar-refractivity contribution in [3.05, 3.63) is 29.3 Å². The van der Waals surface area contributed by atoms with Crippen LogP contribution < -0.4 is 0 Å². The lowest BCUT2D eigenvalue weighted by atomic mass is 10.1. The quantitative estimate of drug-likeness (QED) is 0.764. The zero-order valence-corrected chi connectivity index (χ0v) is 9.46. The lowest BCUT2D eigenvalue weighted by Gasteiger charge is -2.07. The minimum atomic E-state index is -0.608. The Kier molecular flexibility index (Phi) is 3.67. The number of hydrogen-bond donors (Lipinski definition) is 2. The number of rotatable bonds is 4. The maximum Gasteiger partial charge on any atom is 0.0864 e. The molecule has 0 radical (unpaired) electrons. The molecule has 0 saturated carbocycles. The highest BCUT2D eigenvalue weighted by molar-refractivity contribution is 7.99. The Hall–Kier alpha value is -0.510. The molecule has 3 heteroatoms. The lowest BCUT2D eigenvalue weighted by molar-refractivity contribution is 0.113. The lowest BCUT2D eigenvalue weighted by Crippen LogP contribution is -2.14. The molecule has 15 heavy (non-hydrogen) atoms. The predicted molar refractivity (Wildman–Crippen MR) is 62.3 cm³/mol. The Morgan fingerprint density at radius 3 is 2.87 bits per heavy atom. The van der Waals surface area contributed by atoms with Crippen molar-refractivity contribution in [3.8, 4) is 0 Å². The molecule has 1 aliphatic carbocycles. The van der Waals surface area contributed by atoms with Gasteiger partial charge in [-0.1, -0.05) is 6.07 Å². The molecular weight excluding hydrogens is 208 g/mol. The molecule has 0 spiro atoms. The normalized spacial score (nSPS) is 16.4. The predicted octanol–water partition coefficient (Wildman–Crippen LogP) is 1.62. The van der Waals surface area contributed by atoms with Crippen molar-refractivity contribution in [2.75, 3.05) is 12.4 Å². The second-order valence-electron chi connectivity index (χ2n) is 3.93. The zero-order chi connectivity index (χ0) is 10.7. The summed E-state index contributed by atoms with van der Waals surface area (Å²) in [7, 11) is 0. The van der Waals surface area contributed by atoms with Gasteiger partial charge in [-0.25, -0.2) is 0 Å². The van der Waals surface area contributed by atoms with Gasteiger partial charge in [0.25, 0.3) is 0 Å². The van der Waals surface area contributed by atoms with E-state index in [0.29, 0.717) is 5.75 Å². The molecule has 1 aromatic carbocycles. The van der Waals surface area contributed by atoms with Crippen LogP contribution in [0.4, 0.5) is 0 Å². The molecule has 0 fully saturated rings. The van der Waals surface area contributed by atoms with Crippen LogP contribution >= 0.6 is 11.8 Å². The molecule has 2 N–H and O–H groups in total. The molecule has 1 atom stereocenters. The highest BCUT2D eigenvalue weighted by atomic mass is 32.2. The van der Waals surface area contributed by atoms with Crippen LogP contribution in [0.5, 0.6) is 0 Å². The molecule has 1 unspecified atom stereocenters. The van der Waals surface area contributed by atoms with Gasteiger partial charge in [0.05, 0.1) is 12.7 Å². The van der Waals surface area contributed by atoms with Crippen LogP contribution in [0.3, 0.4) is 0 Å². The van der Waals surface area contributed by atoms with Crippen LogP contribution in [-0.4, -0.2) is 28.7 Å². The van der Waals surface area contributed by atoms with Gasteiger partial charge >= 0.3 is 0 Å². The van der Waals surface area contributed by atoms with Crippen molar-refractivity contribution in [1.29, 1.82) is 0 Å². The first-order valence-electron chi connectivity index (χ1n) is 5.33. The maximum atomic E-state index is 9.24. The van der Waals surface area contributed by atoms with Crippen LogP contribution in [0.25, 0.3) is 0 Å². The Morgan fingerprint density at radius 2 is 2.07 bits per heavy atom. The summed E-state index contributed by atoms with van der Waals surface area (Å²) < 4.78 is 0. The van der Waals surface area contributed by atoms with E-state index in [4.69, 9.17) is 5.11 Å². The van der Waals surface area contributed by atoms with E-state index < -0.39 is 6.10 Å². The van der Waals surface area contributed by atoms with Crippen molar-refractivity contribution >= 4 is 11.8 Å². The Labute approximate surface area is 94.3 Å². The van der Waals surface area contributed by atoms with E-state index >= 15 is 0 Å². The summed E-state index contributed by atoms with van der Waals surface area (Å²) in [6, 6.07) is 6.52. The summed E-state index contributed by atoms with van der Waals surface area (Å²) in [6.07, 6.45) is 3.05. The fourth-order valence-electron chi connectivity index (χ4n) is 1.88. The standard InChI is InChI=1S/C12H16O2S/c13-7-11(14)8-15-12-5-4-9-2-1-3-10(9)6-12/h4-6,11,13-14H,1-3,7-8H2. The third-order valence-corrected chi connectivity index (χ3v) is 3.86. The van der Waals surface area contributed by atoms with E-state index in [1.165, 1.54) is 35.3 Å². The molecule has 2 rings (SSSR count). The molecule has 1 aromatic rings. The van der Waals surface area contributed by atoms with Gasteiger partial charge in [-0.15, -0.1) is 11.8 Å². The number of aliphatic hydroxyl groups excluding tert-OH is 2. The first-order valence-corrected chi connectivity index (χ1v) is 6.31. The van der Waals surface area contributed by atoms with Crippen molar-refractivity contribution in [2.24, 2.45) is 0 Å². The van der Waals surface area contributed by atoms with Gasteiger partial charge in [0.15, 0.2) is 0 Å². The van der Waals surface area contributed by atoms with E-state index in [2.05, 4.69) is 18.2 Å². The molecule has 1 aliphatic rings. The summed E-state index contributed by atoms with van der Waals surface area (Å²) in [6.45, 7) is -0.155. The van der Waals surface area contributed by atoms with E-state index in [1.54, 1.807) is 11.8 Å². The van der Waals surface area contributed by atoms with Crippen LogP contribution in [0, 0.1) is 0 Å². The minimum Gasteiger partial charge on any atom is -0.394 e. The topological polar surface area (TPSA) is 40.5 Å². The van der Waals surface area contributed by atoms with Crippen molar-refractivity contribution in [3.63, 3.8) is 0 Å². The number of aliphatic hydroxyl groups is 2. The molecule has 0 saturated heterocycles. The number of hydrogen-bond acceptors (Lipinski definition) is 3. The Bertz CT molecular complexity index is 338. The summed E-state index contributed by atoms with van der Waals surface area (Å²) in [5.41, 5.74) is 2.93. The van der Waals surface area contributed by atoms with Gasteiger partial charge in [0, 0.05) is 10.6 Å². The van der Waals surface area contributed by atoms with Crippen LogP contribution in [0.1, 0.15) is 17.5 Å². The van der Waals surface area contributed by atoms with Gasteiger partial charge in [-0.3, -0.25) is 0 Å². The Balaban J connectivity index is 1.98. The molecule has 0 heterocycles. The van der Waals surface area contributed by atoms with Crippen molar-refractivity contribution < 1.29 is 10.2 Å².